The highest BCUT2D eigenvalue weighted by Gasteiger charge is 2.14. The molecule has 86 valence electrons. The topological polar surface area (TPSA) is 36.4 Å². The summed E-state index contributed by atoms with van der Waals surface area (Å²) in [5, 5.41) is 6.83. The van der Waals surface area contributed by atoms with Crippen LogP contribution in [0, 0.1) is 13.8 Å². The van der Waals surface area contributed by atoms with Crippen LogP contribution >= 0.6 is 0 Å². The maximum absolute atomic E-state index is 4.43. The molecule has 16 heavy (non-hydrogen) atoms. The van der Waals surface area contributed by atoms with E-state index in [9.17, 15) is 0 Å². The van der Waals surface area contributed by atoms with Gasteiger partial charge in [0.15, 0.2) is 0 Å². The minimum Gasteiger partial charge on any atom is -0.375 e. The molecule has 1 aliphatic rings. The van der Waals surface area contributed by atoms with Gasteiger partial charge < -0.3 is 10.6 Å². The van der Waals surface area contributed by atoms with Crippen molar-refractivity contribution in [2.75, 3.05) is 18.4 Å². The van der Waals surface area contributed by atoms with E-state index in [-0.39, 0.29) is 6.04 Å². The van der Waals surface area contributed by atoms with Gasteiger partial charge in [0.05, 0.1) is 12.6 Å². The Kier molecular flexibility index (Phi) is 3.13. The van der Waals surface area contributed by atoms with Crippen LogP contribution in [0.2, 0.25) is 0 Å². The lowest BCUT2D eigenvalue weighted by Crippen LogP contribution is -2.35. The van der Waals surface area contributed by atoms with E-state index in [1.807, 2.05) is 0 Å². The molecule has 3 nitrogen and oxygen atoms in total. The fourth-order valence-electron chi connectivity index (χ4n) is 2.03. The van der Waals surface area contributed by atoms with Crippen molar-refractivity contribution in [3.63, 3.8) is 0 Å². The number of aryl methyl sites for hydroxylation is 2. The summed E-state index contributed by atoms with van der Waals surface area (Å²) in [6.07, 6.45) is 0. The number of nitrogens with one attached hydrogen (secondary N) is 2. The van der Waals surface area contributed by atoms with Gasteiger partial charge in [-0.15, -0.1) is 0 Å². The summed E-state index contributed by atoms with van der Waals surface area (Å²) in [6, 6.07) is 6.60. The molecule has 2 rings (SSSR count). The monoisotopic (exact) mass is 217 g/mol. The van der Waals surface area contributed by atoms with Gasteiger partial charge in [0.1, 0.15) is 5.84 Å². The molecule has 0 radical (unpaired) electrons. The molecule has 0 spiro atoms. The maximum Gasteiger partial charge on any atom is 0.119 e. The van der Waals surface area contributed by atoms with E-state index >= 15 is 0 Å². The summed E-state index contributed by atoms with van der Waals surface area (Å²) in [5.41, 5.74) is 3.79. The number of anilines is 1. The molecule has 0 saturated heterocycles. The Hall–Kier alpha value is -1.51. The number of nitrogens with zero attached hydrogens (tertiary/aromatic N) is 1. The minimum absolute atomic E-state index is 0.252. The van der Waals surface area contributed by atoms with E-state index < -0.39 is 0 Å². The van der Waals surface area contributed by atoms with Gasteiger partial charge in [0.2, 0.25) is 0 Å². The van der Waals surface area contributed by atoms with Gasteiger partial charge in [-0.05, 0) is 31.9 Å². The minimum atomic E-state index is 0.252. The summed E-state index contributed by atoms with van der Waals surface area (Å²) < 4.78 is 0. The van der Waals surface area contributed by atoms with Crippen molar-refractivity contribution in [1.29, 1.82) is 0 Å². The Morgan fingerprint density at radius 2 is 2.00 bits per heavy atom. The molecule has 2 N–H and O–H groups in total. The van der Waals surface area contributed by atoms with Crippen LogP contribution in [-0.4, -0.2) is 25.0 Å². The molecule has 0 fully saturated rings. The molecule has 0 aliphatic carbocycles. The first-order valence-corrected chi connectivity index (χ1v) is 5.79. The second-order valence-electron chi connectivity index (χ2n) is 4.33. The summed E-state index contributed by atoms with van der Waals surface area (Å²) in [6.45, 7) is 8.27. The molecule has 1 aliphatic heterocycles. The zero-order chi connectivity index (χ0) is 11.5. The number of hydrogen-bond acceptors (Lipinski definition) is 3. The van der Waals surface area contributed by atoms with E-state index in [0.717, 1.165) is 18.9 Å². The predicted molar refractivity (Wildman–Crippen MR) is 69.3 cm³/mol. The van der Waals surface area contributed by atoms with Crippen LogP contribution in [0.3, 0.4) is 0 Å². The highest BCUT2D eigenvalue weighted by Crippen LogP contribution is 2.20. The first kappa shape index (κ1) is 11.0. The third-order valence-corrected chi connectivity index (χ3v) is 2.95. The SMILES string of the molecule is Cc1cccc(C)c1N[C@H](C)C1=NCCN1. The summed E-state index contributed by atoms with van der Waals surface area (Å²) in [5.74, 6) is 1.07. The van der Waals surface area contributed by atoms with Gasteiger partial charge in [-0.2, -0.15) is 0 Å². The summed E-state index contributed by atoms with van der Waals surface area (Å²) >= 11 is 0. The molecule has 0 bridgehead atoms. The molecular formula is C13H19N3. The maximum atomic E-state index is 4.43. The van der Waals surface area contributed by atoms with Gasteiger partial charge in [0, 0.05) is 12.2 Å². The van der Waals surface area contributed by atoms with Gasteiger partial charge in [-0.1, -0.05) is 18.2 Å². The fourth-order valence-corrected chi connectivity index (χ4v) is 2.03. The van der Waals surface area contributed by atoms with Crippen molar-refractivity contribution in [3.8, 4) is 0 Å². The lowest BCUT2D eigenvalue weighted by Gasteiger charge is -2.19. The van der Waals surface area contributed by atoms with Crippen molar-refractivity contribution in [3.05, 3.63) is 29.3 Å². The van der Waals surface area contributed by atoms with Crippen LogP contribution in [0.25, 0.3) is 0 Å². The molecular weight excluding hydrogens is 198 g/mol. The standard InChI is InChI=1S/C13H19N3/c1-9-5-4-6-10(2)12(9)16-11(3)13-14-7-8-15-13/h4-6,11,16H,7-8H2,1-3H3,(H,14,15)/t11-/m1/s1. The quantitative estimate of drug-likeness (QED) is 0.813. The molecule has 3 heteroatoms. The van der Waals surface area contributed by atoms with E-state index in [1.54, 1.807) is 0 Å². The number of amidine groups is 1. The molecule has 1 atom stereocenters. The molecule has 0 aromatic heterocycles. The molecule has 1 aromatic carbocycles. The van der Waals surface area contributed by atoms with Gasteiger partial charge in [-0.3, -0.25) is 4.99 Å². The van der Waals surface area contributed by atoms with E-state index in [0.29, 0.717) is 0 Å². The second kappa shape index (κ2) is 4.56. The highest BCUT2D eigenvalue weighted by atomic mass is 15.1. The Bertz CT molecular complexity index is 389. The number of hydrogen-bond donors (Lipinski definition) is 2. The van der Waals surface area contributed by atoms with E-state index in [2.05, 4.69) is 54.6 Å². The van der Waals surface area contributed by atoms with Crippen molar-refractivity contribution in [1.82, 2.24) is 5.32 Å². The fraction of sp³-hybridized carbons (Fsp3) is 0.462. The zero-order valence-corrected chi connectivity index (χ0v) is 10.2. The average molecular weight is 217 g/mol. The zero-order valence-electron chi connectivity index (χ0n) is 10.2. The normalized spacial score (nSPS) is 16.6. The van der Waals surface area contributed by atoms with Gasteiger partial charge in [0.25, 0.3) is 0 Å². The summed E-state index contributed by atoms with van der Waals surface area (Å²) in [7, 11) is 0. The molecule has 0 saturated carbocycles. The molecule has 0 amide bonds. The third kappa shape index (κ3) is 2.18. The number of aliphatic imine (C=N–C) groups is 1. The highest BCUT2D eigenvalue weighted by molar-refractivity contribution is 5.90. The van der Waals surface area contributed by atoms with Crippen LogP contribution in [0.15, 0.2) is 23.2 Å². The van der Waals surface area contributed by atoms with Crippen molar-refractivity contribution >= 4 is 11.5 Å². The van der Waals surface area contributed by atoms with Crippen LogP contribution < -0.4 is 10.6 Å². The van der Waals surface area contributed by atoms with Crippen molar-refractivity contribution in [2.24, 2.45) is 4.99 Å². The van der Waals surface area contributed by atoms with Crippen LogP contribution in [-0.2, 0) is 0 Å². The average Bonchev–Trinajstić information content (AvgIpc) is 2.76. The lowest BCUT2D eigenvalue weighted by atomic mass is 10.1. The van der Waals surface area contributed by atoms with Crippen LogP contribution in [0.1, 0.15) is 18.1 Å². The summed E-state index contributed by atoms with van der Waals surface area (Å²) in [4.78, 5) is 4.43. The largest absolute Gasteiger partial charge is 0.375 e. The molecule has 0 unspecified atom stereocenters. The van der Waals surface area contributed by atoms with Crippen molar-refractivity contribution in [2.45, 2.75) is 26.8 Å². The second-order valence-corrected chi connectivity index (χ2v) is 4.33. The molecule has 1 heterocycles. The van der Waals surface area contributed by atoms with Crippen LogP contribution in [0.4, 0.5) is 5.69 Å². The number of rotatable bonds is 3. The Labute approximate surface area is 97.0 Å². The number of para-hydroxylation sites is 1. The first-order valence-electron chi connectivity index (χ1n) is 5.79. The Morgan fingerprint density at radius 3 is 2.56 bits per heavy atom. The predicted octanol–water partition coefficient (Wildman–Crippen LogP) is 2.11. The smallest absolute Gasteiger partial charge is 0.119 e. The number of benzene rings is 1. The first-order chi connectivity index (χ1) is 7.68. The lowest BCUT2D eigenvalue weighted by molar-refractivity contribution is 0.927. The Balaban J connectivity index is 2.14. The van der Waals surface area contributed by atoms with Crippen molar-refractivity contribution < 1.29 is 0 Å². The van der Waals surface area contributed by atoms with E-state index in [1.165, 1.54) is 16.8 Å². The third-order valence-electron chi connectivity index (χ3n) is 2.95. The Morgan fingerprint density at radius 1 is 1.31 bits per heavy atom. The van der Waals surface area contributed by atoms with Gasteiger partial charge >= 0.3 is 0 Å². The van der Waals surface area contributed by atoms with Crippen LogP contribution in [0.5, 0.6) is 0 Å². The molecule has 1 aromatic rings. The van der Waals surface area contributed by atoms with E-state index in [4.69, 9.17) is 0 Å². The van der Waals surface area contributed by atoms with Gasteiger partial charge in [-0.25, -0.2) is 0 Å².